The summed E-state index contributed by atoms with van der Waals surface area (Å²) in [5.41, 5.74) is 2.19. The minimum absolute atomic E-state index is 0.220. The van der Waals surface area contributed by atoms with Gasteiger partial charge in [-0.1, -0.05) is 49.3 Å². The molecule has 1 aliphatic rings. The molecular weight excluding hydrogens is 332 g/mol. The van der Waals surface area contributed by atoms with Crippen LogP contribution in [-0.4, -0.2) is 34.1 Å². The molecule has 1 saturated heterocycles. The minimum Gasteiger partial charge on any atom is -0.483 e. The Labute approximate surface area is 153 Å². The molecule has 1 atom stereocenters. The third kappa shape index (κ3) is 5.44. The summed E-state index contributed by atoms with van der Waals surface area (Å²) in [4.78, 5) is 22.7. The number of carboxylic acid groups (broad SMARTS) is 1. The Bertz CT molecular complexity index is 697. The van der Waals surface area contributed by atoms with Gasteiger partial charge in [-0.2, -0.15) is 0 Å². The summed E-state index contributed by atoms with van der Waals surface area (Å²) in [5.74, 6) is 1.88. The zero-order valence-corrected chi connectivity index (χ0v) is 15.3. The minimum atomic E-state index is -0.250. The van der Waals surface area contributed by atoms with E-state index >= 15 is 0 Å². The van der Waals surface area contributed by atoms with Crippen LogP contribution in [-0.2, 0) is 16.1 Å². The van der Waals surface area contributed by atoms with Gasteiger partial charge in [-0.15, -0.1) is 0 Å². The highest BCUT2D eigenvalue weighted by Crippen LogP contribution is 2.29. The van der Waals surface area contributed by atoms with Crippen LogP contribution in [0.4, 0.5) is 0 Å². The Morgan fingerprint density at radius 2 is 2.00 bits per heavy atom. The predicted octanol–water partition coefficient (Wildman–Crippen LogP) is 3.80. The lowest BCUT2D eigenvalue weighted by molar-refractivity contribution is -0.131. The molecule has 3 rings (SSSR count). The van der Waals surface area contributed by atoms with Crippen LogP contribution in [0.1, 0.15) is 62.0 Å². The fraction of sp³-hybridized carbons (Fsp3) is 0.450. The molecule has 0 aliphatic carbocycles. The Morgan fingerprint density at radius 3 is 2.62 bits per heavy atom. The monoisotopic (exact) mass is 358 g/mol. The summed E-state index contributed by atoms with van der Waals surface area (Å²) in [6.07, 6.45) is 2.54. The van der Waals surface area contributed by atoms with E-state index in [-0.39, 0.29) is 12.4 Å². The van der Waals surface area contributed by atoms with Gasteiger partial charge in [0.2, 0.25) is 5.91 Å². The first-order valence-electron chi connectivity index (χ1n) is 8.91. The summed E-state index contributed by atoms with van der Waals surface area (Å²) in [6.45, 7) is 5.23. The highest BCUT2D eigenvalue weighted by molar-refractivity contribution is 5.76. The molecule has 1 aromatic heterocycles. The highest BCUT2D eigenvalue weighted by atomic mass is 16.5. The lowest BCUT2D eigenvalue weighted by Crippen LogP contribution is -2.29. The molecule has 1 aromatic carbocycles. The average Bonchev–Trinajstić information content (AvgIpc) is 3.03. The van der Waals surface area contributed by atoms with E-state index in [4.69, 9.17) is 14.4 Å². The number of rotatable bonds is 4. The number of benzene rings is 1. The standard InChI is InChI=1S/C19H24N2O2.CH2O2/c1-14(2)18-12-17(20-23-18)13-21-11-10-16(8-9-19(21)22)15-6-4-3-5-7-15;2-1-3/h3-7,12,14,16H,8-11,13H2,1-2H3;1H,(H,2,3). The molecule has 26 heavy (non-hydrogen) atoms. The van der Waals surface area contributed by atoms with Gasteiger partial charge in [-0.25, -0.2) is 0 Å². The number of carbonyl (C=O) groups is 2. The van der Waals surface area contributed by atoms with Gasteiger partial charge in [0.15, 0.2) is 0 Å². The van der Waals surface area contributed by atoms with Crippen LogP contribution in [0, 0.1) is 0 Å². The molecule has 0 spiro atoms. The van der Waals surface area contributed by atoms with Crippen LogP contribution in [0.25, 0.3) is 0 Å². The van der Waals surface area contributed by atoms with E-state index in [9.17, 15) is 4.79 Å². The lowest BCUT2D eigenvalue weighted by atomic mass is 9.92. The van der Waals surface area contributed by atoms with Gasteiger partial charge in [0, 0.05) is 24.9 Å². The van der Waals surface area contributed by atoms with Crippen molar-refractivity contribution < 1.29 is 19.2 Å². The van der Waals surface area contributed by atoms with Crippen molar-refractivity contribution in [3.05, 3.63) is 53.4 Å². The van der Waals surface area contributed by atoms with Gasteiger partial charge in [-0.05, 0) is 24.3 Å². The number of nitrogens with zero attached hydrogens (tertiary/aromatic N) is 2. The Balaban J connectivity index is 0.000000758. The molecule has 6 heteroatoms. The van der Waals surface area contributed by atoms with Crippen molar-refractivity contribution in [3.8, 4) is 0 Å². The second-order valence-corrected chi connectivity index (χ2v) is 6.73. The highest BCUT2D eigenvalue weighted by Gasteiger charge is 2.24. The number of amides is 1. The van der Waals surface area contributed by atoms with Crippen molar-refractivity contribution in [2.24, 2.45) is 0 Å². The third-order valence-corrected chi connectivity index (χ3v) is 4.58. The van der Waals surface area contributed by atoms with Gasteiger partial charge in [0.25, 0.3) is 6.47 Å². The Kier molecular flexibility index (Phi) is 7.38. The van der Waals surface area contributed by atoms with E-state index in [0.717, 1.165) is 30.8 Å². The van der Waals surface area contributed by atoms with Crippen molar-refractivity contribution in [2.75, 3.05) is 6.54 Å². The van der Waals surface area contributed by atoms with Crippen molar-refractivity contribution in [1.82, 2.24) is 10.1 Å². The van der Waals surface area contributed by atoms with Gasteiger partial charge in [0.05, 0.1) is 6.54 Å². The fourth-order valence-electron chi connectivity index (χ4n) is 3.13. The maximum absolute atomic E-state index is 12.4. The summed E-state index contributed by atoms with van der Waals surface area (Å²) in [6, 6.07) is 12.5. The first-order chi connectivity index (χ1) is 12.5. The van der Waals surface area contributed by atoms with Crippen LogP contribution in [0.15, 0.2) is 40.9 Å². The molecule has 1 amide bonds. The quantitative estimate of drug-likeness (QED) is 0.841. The van der Waals surface area contributed by atoms with Crippen molar-refractivity contribution in [2.45, 2.75) is 51.5 Å². The SMILES string of the molecule is CC(C)c1cc(CN2CCC(c3ccccc3)CCC2=O)no1.O=CO. The average molecular weight is 358 g/mol. The summed E-state index contributed by atoms with van der Waals surface area (Å²) in [5, 5.41) is 11.0. The fourth-order valence-corrected chi connectivity index (χ4v) is 3.13. The second kappa shape index (κ2) is 9.75. The molecule has 2 heterocycles. The molecule has 0 radical (unpaired) electrons. The van der Waals surface area contributed by atoms with Gasteiger partial charge in [0.1, 0.15) is 11.5 Å². The number of carbonyl (C=O) groups excluding carboxylic acids is 1. The summed E-state index contributed by atoms with van der Waals surface area (Å²) >= 11 is 0. The second-order valence-electron chi connectivity index (χ2n) is 6.73. The zero-order chi connectivity index (χ0) is 18.9. The zero-order valence-electron chi connectivity index (χ0n) is 15.3. The summed E-state index contributed by atoms with van der Waals surface area (Å²) in [7, 11) is 0. The number of aromatic nitrogens is 1. The van der Waals surface area contributed by atoms with Crippen molar-refractivity contribution in [1.29, 1.82) is 0 Å². The normalized spacial score (nSPS) is 17.4. The van der Waals surface area contributed by atoms with Crippen LogP contribution >= 0.6 is 0 Å². The lowest BCUT2D eigenvalue weighted by Gasteiger charge is -2.19. The molecule has 1 unspecified atom stereocenters. The number of likely N-dealkylation sites (tertiary alicyclic amines) is 1. The van der Waals surface area contributed by atoms with Crippen LogP contribution < -0.4 is 0 Å². The van der Waals surface area contributed by atoms with Gasteiger partial charge in [-0.3, -0.25) is 9.59 Å². The topological polar surface area (TPSA) is 83.6 Å². The third-order valence-electron chi connectivity index (χ3n) is 4.58. The van der Waals surface area contributed by atoms with Crippen LogP contribution in [0.5, 0.6) is 0 Å². The van der Waals surface area contributed by atoms with E-state index in [2.05, 4.69) is 43.3 Å². The molecule has 2 aromatic rings. The molecule has 1 aliphatic heterocycles. The molecular formula is C20H26N2O4. The van der Waals surface area contributed by atoms with Crippen LogP contribution in [0.3, 0.4) is 0 Å². The van der Waals surface area contributed by atoms with Crippen molar-refractivity contribution >= 4 is 12.4 Å². The molecule has 1 N–H and O–H groups in total. The number of hydrogen-bond acceptors (Lipinski definition) is 4. The van der Waals surface area contributed by atoms with E-state index < -0.39 is 0 Å². The van der Waals surface area contributed by atoms with Crippen LogP contribution in [0.2, 0.25) is 0 Å². The first kappa shape index (κ1) is 19.7. The first-order valence-corrected chi connectivity index (χ1v) is 8.91. The number of hydrogen-bond donors (Lipinski definition) is 1. The van der Waals surface area contributed by atoms with Crippen molar-refractivity contribution in [3.63, 3.8) is 0 Å². The van der Waals surface area contributed by atoms with Gasteiger partial charge >= 0.3 is 0 Å². The van der Waals surface area contributed by atoms with Gasteiger partial charge < -0.3 is 14.5 Å². The van der Waals surface area contributed by atoms with E-state index in [0.29, 0.717) is 24.8 Å². The van der Waals surface area contributed by atoms with E-state index in [1.54, 1.807) is 0 Å². The summed E-state index contributed by atoms with van der Waals surface area (Å²) < 4.78 is 5.34. The maximum Gasteiger partial charge on any atom is 0.290 e. The molecule has 140 valence electrons. The molecule has 0 saturated carbocycles. The maximum atomic E-state index is 12.4. The Morgan fingerprint density at radius 1 is 1.31 bits per heavy atom. The Hall–Kier alpha value is -2.63. The van der Waals surface area contributed by atoms with E-state index in [1.807, 2.05) is 17.0 Å². The van der Waals surface area contributed by atoms with E-state index in [1.165, 1.54) is 5.56 Å². The predicted molar refractivity (Wildman–Crippen MR) is 97.7 cm³/mol. The largest absolute Gasteiger partial charge is 0.483 e. The molecule has 6 nitrogen and oxygen atoms in total. The molecule has 1 fully saturated rings. The molecule has 0 bridgehead atoms. The smallest absolute Gasteiger partial charge is 0.290 e.